The SMILES string of the molecule is CCCCn1cnc(-c2cccc3cccnc23)c1N. The number of anilines is 1. The molecule has 2 heterocycles. The number of para-hydroxylation sites is 1. The molecule has 2 aromatic heterocycles. The fourth-order valence-electron chi connectivity index (χ4n) is 2.40. The number of aryl methyl sites for hydroxylation is 1. The van der Waals surface area contributed by atoms with Crippen LogP contribution in [-0.2, 0) is 6.54 Å². The van der Waals surface area contributed by atoms with Gasteiger partial charge in [-0.3, -0.25) is 4.98 Å². The second kappa shape index (κ2) is 5.33. The lowest BCUT2D eigenvalue weighted by Gasteiger charge is -2.06. The predicted octanol–water partition coefficient (Wildman–Crippen LogP) is 3.48. The molecule has 0 aliphatic heterocycles. The van der Waals surface area contributed by atoms with Gasteiger partial charge in [-0.05, 0) is 12.5 Å². The Morgan fingerprint density at radius 1 is 1.15 bits per heavy atom. The lowest BCUT2D eigenvalue weighted by Crippen LogP contribution is -2.02. The van der Waals surface area contributed by atoms with E-state index in [2.05, 4.69) is 29.0 Å². The van der Waals surface area contributed by atoms with Crippen LogP contribution in [0.25, 0.3) is 22.2 Å². The number of unbranched alkanes of at least 4 members (excludes halogenated alkanes) is 1. The molecule has 0 bridgehead atoms. The molecule has 102 valence electrons. The van der Waals surface area contributed by atoms with E-state index < -0.39 is 0 Å². The highest BCUT2D eigenvalue weighted by atomic mass is 15.1. The van der Waals surface area contributed by atoms with Gasteiger partial charge >= 0.3 is 0 Å². The normalized spacial score (nSPS) is 11.1. The summed E-state index contributed by atoms with van der Waals surface area (Å²) in [5.41, 5.74) is 9.01. The molecule has 1 aromatic carbocycles. The largest absolute Gasteiger partial charge is 0.383 e. The maximum Gasteiger partial charge on any atom is 0.131 e. The molecule has 0 atom stereocenters. The van der Waals surface area contributed by atoms with E-state index in [-0.39, 0.29) is 0 Å². The van der Waals surface area contributed by atoms with Gasteiger partial charge in [-0.25, -0.2) is 4.98 Å². The van der Waals surface area contributed by atoms with Gasteiger partial charge in [-0.1, -0.05) is 37.6 Å². The molecule has 3 aromatic rings. The predicted molar refractivity (Wildman–Crippen MR) is 82.3 cm³/mol. The van der Waals surface area contributed by atoms with Crippen LogP contribution in [0.4, 0.5) is 5.82 Å². The topological polar surface area (TPSA) is 56.7 Å². The molecule has 4 nitrogen and oxygen atoms in total. The standard InChI is InChI=1S/C16H18N4/c1-2-3-10-20-11-19-15(16(20)17)13-8-4-6-12-7-5-9-18-14(12)13/h4-9,11H,2-3,10,17H2,1H3. The number of hydrogen-bond donors (Lipinski definition) is 1. The molecule has 4 heteroatoms. The maximum atomic E-state index is 6.24. The Bertz CT molecular complexity index is 725. The van der Waals surface area contributed by atoms with Gasteiger partial charge in [0.2, 0.25) is 0 Å². The summed E-state index contributed by atoms with van der Waals surface area (Å²) >= 11 is 0. The monoisotopic (exact) mass is 266 g/mol. The van der Waals surface area contributed by atoms with E-state index in [1.54, 1.807) is 6.20 Å². The van der Waals surface area contributed by atoms with Crippen molar-refractivity contribution in [3.05, 3.63) is 42.9 Å². The van der Waals surface area contributed by atoms with Crippen molar-refractivity contribution in [2.45, 2.75) is 26.3 Å². The van der Waals surface area contributed by atoms with E-state index >= 15 is 0 Å². The first-order chi connectivity index (χ1) is 9.81. The number of imidazole rings is 1. The van der Waals surface area contributed by atoms with Crippen molar-refractivity contribution in [2.24, 2.45) is 0 Å². The molecular weight excluding hydrogens is 248 g/mol. The van der Waals surface area contributed by atoms with Gasteiger partial charge in [0.15, 0.2) is 0 Å². The summed E-state index contributed by atoms with van der Waals surface area (Å²) in [4.78, 5) is 8.95. The van der Waals surface area contributed by atoms with Crippen molar-refractivity contribution < 1.29 is 0 Å². The van der Waals surface area contributed by atoms with Crippen molar-refractivity contribution in [1.82, 2.24) is 14.5 Å². The maximum absolute atomic E-state index is 6.24. The summed E-state index contributed by atoms with van der Waals surface area (Å²) in [6.45, 7) is 3.08. The van der Waals surface area contributed by atoms with E-state index in [4.69, 9.17) is 5.73 Å². The first-order valence-corrected chi connectivity index (χ1v) is 6.96. The van der Waals surface area contributed by atoms with E-state index in [9.17, 15) is 0 Å². The Morgan fingerprint density at radius 2 is 2.00 bits per heavy atom. The van der Waals surface area contributed by atoms with Crippen LogP contribution in [0.1, 0.15) is 19.8 Å². The van der Waals surface area contributed by atoms with Crippen molar-refractivity contribution in [3.8, 4) is 11.3 Å². The highest BCUT2D eigenvalue weighted by Gasteiger charge is 2.12. The van der Waals surface area contributed by atoms with Crippen LogP contribution in [0.15, 0.2) is 42.9 Å². The summed E-state index contributed by atoms with van der Waals surface area (Å²) in [6.07, 6.45) is 5.87. The Hall–Kier alpha value is -2.36. The fraction of sp³-hybridized carbons (Fsp3) is 0.250. The lowest BCUT2D eigenvalue weighted by atomic mass is 10.1. The molecule has 2 N–H and O–H groups in total. The van der Waals surface area contributed by atoms with Gasteiger partial charge in [-0.15, -0.1) is 0 Å². The Kier molecular flexibility index (Phi) is 3.37. The molecule has 20 heavy (non-hydrogen) atoms. The number of hydrogen-bond acceptors (Lipinski definition) is 3. The number of aromatic nitrogens is 3. The van der Waals surface area contributed by atoms with Crippen LogP contribution in [0.2, 0.25) is 0 Å². The second-order valence-electron chi connectivity index (χ2n) is 4.91. The van der Waals surface area contributed by atoms with Crippen LogP contribution in [0.3, 0.4) is 0 Å². The minimum Gasteiger partial charge on any atom is -0.383 e. The van der Waals surface area contributed by atoms with Crippen molar-refractivity contribution in [1.29, 1.82) is 0 Å². The number of pyridine rings is 1. The molecule has 0 saturated heterocycles. The smallest absolute Gasteiger partial charge is 0.131 e. The minimum atomic E-state index is 0.719. The number of nitrogens with zero attached hydrogens (tertiary/aromatic N) is 3. The summed E-state index contributed by atoms with van der Waals surface area (Å²) in [5.74, 6) is 0.719. The number of nitrogens with two attached hydrogens (primary N) is 1. The third kappa shape index (κ3) is 2.13. The zero-order valence-corrected chi connectivity index (χ0v) is 11.6. The number of nitrogen functional groups attached to an aromatic ring is 1. The third-order valence-corrected chi connectivity index (χ3v) is 3.52. The molecule has 3 rings (SSSR count). The first kappa shape index (κ1) is 12.7. The van der Waals surface area contributed by atoms with E-state index in [1.807, 2.05) is 29.1 Å². The zero-order valence-electron chi connectivity index (χ0n) is 11.6. The summed E-state index contributed by atoms with van der Waals surface area (Å²) in [5, 5.41) is 1.10. The average molecular weight is 266 g/mol. The number of fused-ring (bicyclic) bond motifs is 1. The molecule has 0 radical (unpaired) electrons. The van der Waals surface area contributed by atoms with Crippen LogP contribution >= 0.6 is 0 Å². The van der Waals surface area contributed by atoms with Crippen molar-refractivity contribution in [2.75, 3.05) is 5.73 Å². The van der Waals surface area contributed by atoms with Crippen LogP contribution in [-0.4, -0.2) is 14.5 Å². The highest BCUT2D eigenvalue weighted by molar-refractivity contribution is 5.94. The molecule has 0 saturated carbocycles. The van der Waals surface area contributed by atoms with E-state index in [0.717, 1.165) is 47.4 Å². The second-order valence-corrected chi connectivity index (χ2v) is 4.91. The van der Waals surface area contributed by atoms with Crippen LogP contribution < -0.4 is 5.73 Å². The van der Waals surface area contributed by atoms with Gasteiger partial charge in [-0.2, -0.15) is 0 Å². The zero-order chi connectivity index (χ0) is 13.9. The average Bonchev–Trinajstić information content (AvgIpc) is 2.85. The van der Waals surface area contributed by atoms with Gasteiger partial charge in [0.1, 0.15) is 11.5 Å². The van der Waals surface area contributed by atoms with Crippen LogP contribution in [0, 0.1) is 0 Å². The Balaban J connectivity index is 2.09. The molecule has 0 amide bonds. The van der Waals surface area contributed by atoms with Crippen LogP contribution in [0.5, 0.6) is 0 Å². The first-order valence-electron chi connectivity index (χ1n) is 6.96. The van der Waals surface area contributed by atoms with Gasteiger partial charge in [0.05, 0.1) is 11.8 Å². The molecule has 0 unspecified atom stereocenters. The fourth-order valence-corrected chi connectivity index (χ4v) is 2.40. The number of rotatable bonds is 4. The molecule has 0 aliphatic carbocycles. The van der Waals surface area contributed by atoms with Gasteiger partial charge < -0.3 is 10.3 Å². The Labute approximate surface area is 118 Å². The van der Waals surface area contributed by atoms with Crippen molar-refractivity contribution in [3.63, 3.8) is 0 Å². The summed E-state index contributed by atoms with van der Waals surface area (Å²) < 4.78 is 2.01. The van der Waals surface area contributed by atoms with Gasteiger partial charge in [0.25, 0.3) is 0 Å². The molecule has 0 fully saturated rings. The summed E-state index contributed by atoms with van der Waals surface area (Å²) in [7, 11) is 0. The minimum absolute atomic E-state index is 0.719. The van der Waals surface area contributed by atoms with E-state index in [0.29, 0.717) is 0 Å². The molecule has 0 aliphatic rings. The van der Waals surface area contributed by atoms with Gasteiger partial charge in [0, 0.05) is 23.7 Å². The Morgan fingerprint density at radius 3 is 2.85 bits per heavy atom. The van der Waals surface area contributed by atoms with E-state index in [1.165, 1.54) is 0 Å². The lowest BCUT2D eigenvalue weighted by molar-refractivity contribution is 0.637. The third-order valence-electron chi connectivity index (χ3n) is 3.52. The quantitative estimate of drug-likeness (QED) is 0.786. The summed E-state index contributed by atoms with van der Waals surface area (Å²) in [6, 6.07) is 10.1. The molecular formula is C16H18N4. The van der Waals surface area contributed by atoms with Crippen molar-refractivity contribution >= 4 is 16.7 Å². The number of benzene rings is 1. The molecule has 0 spiro atoms. The highest BCUT2D eigenvalue weighted by Crippen LogP contribution is 2.30.